The van der Waals surface area contributed by atoms with Crippen LogP contribution in [0.25, 0.3) is 0 Å². The molecule has 2 aromatic carbocycles. The number of fused-ring (bicyclic) bond motifs is 3. The Morgan fingerprint density at radius 2 is 1.55 bits per heavy atom. The monoisotopic (exact) mass is 395 g/mol. The minimum atomic E-state index is -0.826. The number of carbonyl (C=O) groups is 2. The summed E-state index contributed by atoms with van der Waals surface area (Å²) in [7, 11) is 3.18. The molecule has 6 heteroatoms. The third kappa shape index (κ3) is 2.94. The van der Waals surface area contributed by atoms with Crippen molar-refractivity contribution in [3.05, 3.63) is 53.1 Å². The summed E-state index contributed by atoms with van der Waals surface area (Å²) in [5.41, 5.74) is 1.98. The number of hydrogen-bond donors (Lipinski definition) is 0. The van der Waals surface area contributed by atoms with Gasteiger partial charge in [0.05, 0.1) is 25.3 Å². The summed E-state index contributed by atoms with van der Waals surface area (Å²) in [5, 5.41) is 0. The van der Waals surface area contributed by atoms with Crippen LogP contribution in [0.4, 0.5) is 10.5 Å². The van der Waals surface area contributed by atoms with Crippen molar-refractivity contribution < 1.29 is 23.8 Å². The minimum Gasteiger partial charge on any atom is -0.493 e. The Labute approximate surface area is 170 Å². The Morgan fingerprint density at radius 3 is 2.07 bits per heavy atom. The molecule has 0 atom stereocenters. The van der Waals surface area contributed by atoms with E-state index < -0.39 is 17.1 Å². The van der Waals surface area contributed by atoms with Gasteiger partial charge in [0, 0.05) is 0 Å². The summed E-state index contributed by atoms with van der Waals surface area (Å²) in [6.07, 6.45) is 0.355. The van der Waals surface area contributed by atoms with Crippen LogP contribution < -0.4 is 14.4 Å². The number of ether oxygens (including phenoxy) is 3. The number of carbonyl (C=O) groups excluding carboxylic acids is 2. The highest BCUT2D eigenvalue weighted by Crippen LogP contribution is 2.51. The Kier molecular flexibility index (Phi) is 4.33. The largest absolute Gasteiger partial charge is 0.493 e. The summed E-state index contributed by atoms with van der Waals surface area (Å²) >= 11 is 0. The van der Waals surface area contributed by atoms with Gasteiger partial charge in [-0.1, -0.05) is 18.2 Å². The zero-order chi connectivity index (χ0) is 21.0. The molecule has 2 aromatic rings. The van der Waals surface area contributed by atoms with E-state index in [-0.39, 0.29) is 5.91 Å². The summed E-state index contributed by atoms with van der Waals surface area (Å²) < 4.78 is 16.4. The normalized spacial score (nSPS) is 16.6. The standard InChI is InChI=1S/C23H25NO5/c1-22(2,3)29-21(26)24-17-9-7-6-8-16(17)23(20(24)25)12-14-10-18(27-4)19(28-5)11-15(14)13-23/h6-11H,12-13H2,1-5H3. The number of para-hydroxylation sites is 1. The molecule has 0 bridgehead atoms. The van der Waals surface area contributed by atoms with Gasteiger partial charge in [0.15, 0.2) is 11.5 Å². The van der Waals surface area contributed by atoms with Crippen LogP contribution in [0.15, 0.2) is 36.4 Å². The van der Waals surface area contributed by atoms with Gasteiger partial charge >= 0.3 is 6.09 Å². The summed E-state index contributed by atoms with van der Waals surface area (Å²) in [6, 6.07) is 11.3. The van der Waals surface area contributed by atoms with Crippen LogP contribution in [0.3, 0.4) is 0 Å². The molecule has 0 aromatic heterocycles. The van der Waals surface area contributed by atoms with Crippen molar-refractivity contribution in [2.45, 2.75) is 44.6 Å². The molecule has 2 amide bonds. The lowest BCUT2D eigenvalue weighted by Crippen LogP contribution is -2.45. The number of amides is 2. The van der Waals surface area contributed by atoms with E-state index in [1.54, 1.807) is 41.1 Å². The van der Waals surface area contributed by atoms with E-state index in [2.05, 4.69) is 0 Å². The molecule has 6 nitrogen and oxygen atoms in total. The summed E-state index contributed by atoms with van der Waals surface area (Å²) in [4.78, 5) is 27.7. The molecule has 1 heterocycles. The van der Waals surface area contributed by atoms with E-state index in [1.807, 2.05) is 30.3 Å². The number of methoxy groups -OCH3 is 2. The molecular formula is C23H25NO5. The highest BCUT2D eigenvalue weighted by molar-refractivity contribution is 6.21. The fourth-order valence-corrected chi connectivity index (χ4v) is 4.35. The molecule has 0 saturated carbocycles. The third-order valence-electron chi connectivity index (χ3n) is 5.54. The van der Waals surface area contributed by atoms with Crippen molar-refractivity contribution in [1.82, 2.24) is 0 Å². The molecule has 4 rings (SSSR count). The van der Waals surface area contributed by atoms with Crippen LogP contribution in [0.2, 0.25) is 0 Å². The van der Waals surface area contributed by atoms with Crippen LogP contribution >= 0.6 is 0 Å². The Hall–Kier alpha value is -3.02. The fraction of sp³-hybridized carbons (Fsp3) is 0.391. The van der Waals surface area contributed by atoms with Crippen molar-refractivity contribution in [3.8, 4) is 11.5 Å². The predicted molar refractivity (Wildman–Crippen MR) is 109 cm³/mol. The third-order valence-corrected chi connectivity index (χ3v) is 5.54. The summed E-state index contributed by atoms with van der Waals surface area (Å²) in [5.74, 6) is 1.01. The van der Waals surface area contributed by atoms with Crippen LogP contribution in [-0.2, 0) is 27.8 Å². The first-order valence-corrected chi connectivity index (χ1v) is 9.61. The van der Waals surface area contributed by atoms with Gasteiger partial charge in [-0.3, -0.25) is 4.79 Å². The van der Waals surface area contributed by atoms with Gasteiger partial charge < -0.3 is 14.2 Å². The van der Waals surface area contributed by atoms with Crippen LogP contribution in [0, 0.1) is 0 Å². The molecule has 1 aliphatic carbocycles. The first-order valence-electron chi connectivity index (χ1n) is 9.61. The number of hydrogen-bond acceptors (Lipinski definition) is 5. The van der Waals surface area contributed by atoms with E-state index in [9.17, 15) is 9.59 Å². The minimum absolute atomic E-state index is 0.248. The molecule has 2 aliphatic rings. The second kappa shape index (κ2) is 6.51. The van der Waals surface area contributed by atoms with Crippen molar-refractivity contribution in [3.63, 3.8) is 0 Å². The maximum absolute atomic E-state index is 13.7. The molecule has 0 unspecified atom stereocenters. The van der Waals surface area contributed by atoms with Crippen molar-refractivity contribution in [2.75, 3.05) is 19.1 Å². The van der Waals surface area contributed by atoms with E-state index >= 15 is 0 Å². The molecule has 0 N–H and O–H groups in total. The predicted octanol–water partition coefficient (Wildman–Crippen LogP) is 4.02. The Morgan fingerprint density at radius 1 is 1.00 bits per heavy atom. The van der Waals surface area contributed by atoms with Crippen molar-refractivity contribution >= 4 is 17.7 Å². The maximum Gasteiger partial charge on any atom is 0.421 e. The van der Waals surface area contributed by atoms with Gasteiger partial charge in [0.1, 0.15) is 5.60 Å². The average molecular weight is 395 g/mol. The SMILES string of the molecule is COc1cc2c(cc1OC)CC1(C2)C(=O)N(C(=O)OC(C)(C)C)c2ccccc21. The van der Waals surface area contributed by atoms with Crippen molar-refractivity contribution in [1.29, 1.82) is 0 Å². The van der Waals surface area contributed by atoms with Gasteiger partial charge in [0.2, 0.25) is 5.91 Å². The molecule has 29 heavy (non-hydrogen) atoms. The number of benzene rings is 2. The first kappa shape index (κ1) is 19.3. The number of imide groups is 1. The molecule has 0 fully saturated rings. The molecule has 0 saturated heterocycles. The van der Waals surface area contributed by atoms with E-state index in [0.29, 0.717) is 30.0 Å². The van der Waals surface area contributed by atoms with Crippen molar-refractivity contribution in [2.24, 2.45) is 0 Å². The van der Waals surface area contributed by atoms with Gasteiger partial charge in [-0.05, 0) is 68.5 Å². The van der Waals surface area contributed by atoms with Crippen LogP contribution in [0.1, 0.15) is 37.5 Å². The van der Waals surface area contributed by atoms with Gasteiger partial charge in [-0.15, -0.1) is 0 Å². The van der Waals surface area contributed by atoms with Crippen LogP contribution in [0.5, 0.6) is 11.5 Å². The lowest BCUT2D eigenvalue weighted by Gasteiger charge is -2.25. The number of anilines is 1. The van der Waals surface area contributed by atoms with Gasteiger partial charge in [-0.25, -0.2) is 9.69 Å². The number of rotatable bonds is 2. The lowest BCUT2D eigenvalue weighted by molar-refractivity contribution is -0.122. The molecule has 1 spiro atoms. The molecule has 0 radical (unpaired) electrons. The Balaban J connectivity index is 1.79. The highest BCUT2D eigenvalue weighted by Gasteiger charge is 2.56. The lowest BCUT2D eigenvalue weighted by atomic mass is 9.79. The van der Waals surface area contributed by atoms with Gasteiger partial charge in [-0.2, -0.15) is 0 Å². The molecule has 1 aliphatic heterocycles. The topological polar surface area (TPSA) is 65.1 Å². The first-order chi connectivity index (χ1) is 13.7. The zero-order valence-electron chi connectivity index (χ0n) is 17.4. The molecular weight excluding hydrogens is 370 g/mol. The summed E-state index contributed by atoms with van der Waals surface area (Å²) in [6.45, 7) is 5.37. The van der Waals surface area contributed by atoms with E-state index in [4.69, 9.17) is 14.2 Å². The average Bonchev–Trinajstić information content (AvgIpc) is 3.15. The smallest absolute Gasteiger partial charge is 0.421 e. The molecule has 152 valence electrons. The highest BCUT2D eigenvalue weighted by atomic mass is 16.6. The van der Waals surface area contributed by atoms with E-state index in [0.717, 1.165) is 16.7 Å². The van der Waals surface area contributed by atoms with Gasteiger partial charge in [0.25, 0.3) is 0 Å². The maximum atomic E-state index is 13.7. The second-order valence-corrected chi connectivity index (χ2v) is 8.55. The quantitative estimate of drug-likeness (QED) is 0.768. The second-order valence-electron chi connectivity index (χ2n) is 8.55. The zero-order valence-corrected chi connectivity index (χ0v) is 17.4. The number of nitrogens with zero attached hydrogens (tertiary/aromatic N) is 1. The fourth-order valence-electron chi connectivity index (χ4n) is 4.35. The van der Waals surface area contributed by atoms with E-state index in [1.165, 1.54) is 4.90 Å². The Bertz CT molecular complexity index is 972. The van der Waals surface area contributed by atoms with Crippen LogP contribution in [-0.4, -0.2) is 31.8 Å².